The lowest BCUT2D eigenvalue weighted by Gasteiger charge is -2.33. The van der Waals surface area contributed by atoms with Crippen molar-refractivity contribution in [2.75, 3.05) is 13.3 Å². The number of amides is 1. The molecule has 2 saturated heterocycles. The summed E-state index contributed by atoms with van der Waals surface area (Å²) in [5.74, 6) is 0.293. The third-order valence-electron chi connectivity index (χ3n) is 3.56. The lowest BCUT2D eigenvalue weighted by molar-refractivity contribution is -0.133. The third kappa shape index (κ3) is 2.38. The van der Waals surface area contributed by atoms with Crippen LogP contribution in [-0.2, 0) is 9.53 Å². The molecule has 16 heavy (non-hydrogen) atoms. The molecular formula is C12H22N2O2. The third-order valence-corrected chi connectivity index (χ3v) is 3.56. The van der Waals surface area contributed by atoms with E-state index >= 15 is 0 Å². The Bertz CT molecular complexity index is 257. The SMILES string of the molecule is CCCC1NCN(C2CCOC(C)C2)C1=O. The van der Waals surface area contributed by atoms with Crippen molar-refractivity contribution in [3.05, 3.63) is 0 Å². The first-order valence-corrected chi connectivity index (χ1v) is 6.37. The van der Waals surface area contributed by atoms with Crippen molar-refractivity contribution in [1.29, 1.82) is 0 Å². The van der Waals surface area contributed by atoms with E-state index in [0.717, 1.165) is 39.0 Å². The first-order valence-electron chi connectivity index (χ1n) is 6.37. The average molecular weight is 226 g/mol. The summed E-state index contributed by atoms with van der Waals surface area (Å²) in [6.07, 6.45) is 4.26. The second-order valence-corrected chi connectivity index (χ2v) is 4.87. The summed E-state index contributed by atoms with van der Waals surface area (Å²) in [4.78, 5) is 14.1. The van der Waals surface area contributed by atoms with Crippen LogP contribution in [0.25, 0.3) is 0 Å². The molecule has 0 bridgehead atoms. The van der Waals surface area contributed by atoms with E-state index in [1.54, 1.807) is 0 Å². The van der Waals surface area contributed by atoms with Gasteiger partial charge in [0.25, 0.3) is 0 Å². The summed E-state index contributed by atoms with van der Waals surface area (Å²) in [5.41, 5.74) is 0. The zero-order valence-corrected chi connectivity index (χ0v) is 10.2. The molecule has 3 unspecified atom stereocenters. The quantitative estimate of drug-likeness (QED) is 0.784. The Hall–Kier alpha value is -0.610. The molecule has 2 aliphatic rings. The van der Waals surface area contributed by atoms with E-state index in [0.29, 0.717) is 11.9 Å². The van der Waals surface area contributed by atoms with E-state index in [9.17, 15) is 4.79 Å². The molecule has 3 atom stereocenters. The van der Waals surface area contributed by atoms with Gasteiger partial charge < -0.3 is 9.64 Å². The molecule has 0 aliphatic carbocycles. The molecule has 2 aliphatic heterocycles. The smallest absolute Gasteiger partial charge is 0.241 e. The first kappa shape index (κ1) is 11.9. The minimum atomic E-state index is 0.0585. The molecule has 0 saturated carbocycles. The van der Waals surface area contributed by atoms with Gasteiger partial charge in [-0.2, -0.15) is 0 Å². The number of carbonyl (C=O) groups excluding carboxylic acids is 1. The number of carbonyl (C=O) groups is 1. The largest absolute Gasteiger partial charge is 0.378 e. The molecule has 1 N–H and O–H groups in total. The zero-order valence-electron chi connectivity index (χ0n) is 10.2. The highest BCUT2D eigenvalue weighted by Crippen LogP contribution is 2.22. The Labute approximate surface area is 97.3 Å². The Kier molecular flexibility index (Phi) is 3.82. The van der Waals surface area contributed by atoms with Crippen LogP contribution in [-0.4, -0.2) is 42.3 Å². The summed E-state index contributed by atoms with van der Waals surface area (Å²) in [5, 5.41) is 3.31. The molecule has 4 heteroatoms. The predicted molar refractivity (Wildman–Crippen MR) is 62.0 cm³/mol. The molecule has 0 aromatic rings. The van der Waals surface area contributed by atoms with Gasteiger partial charge in [-0.25, -0.2) is 0 Å². The summed E-state index contributed by atoms with van der Waals surface area (Å²) >= 11 is 0. The van der Waals surface area contributed by atoms with Gasteiger partial charge in [-0.15, -0.1) is 0 Å². The van der Waals surface area contributed by atoms with Crippen molar-refractivity contribution < 1.29 is 9.53 Å². The highest BCUT2D eigenvalue weighted by Gasteiger charge is 2.36. The summed E-state index contributed by atoms with van der Waals surface area (Å²) in [6, 6.07) is 0.439. The van der Waals surface area contributed by atoms with Crippen LogP contribution < -0.4 is 5.32 Å². The summed E-state index contributed by atoms with van der Waals surface area (Å²) < 4.78 is 5.52. The lowest BCUT2D eigenvalue weighted by Crippen LogP contribution is -2.43. The molecule has 0 spiro atoms. The predicted octanol–water partition coefficient (Wildman–Crippen LogP) is 1.11. The van der Waals surface area contributed by atoms with Gasteiger partial charge in [0.15, 0.2) is 0 Å². The van der Waals surface area contributed by atoms with E-state index in [2.05, 4.69) is 19.2 Å². The molecule has 0 aromatic carbocycles. The van der Waals surface area contributed by atoms with Crippen LogP contribution in [0.15, 0.2) is 0 Å². The standard InChI is InChI=1S/C12H22N2O2/c1-3-4-11-12(15)14(8-13-11)10-5-6-16-9(2)7-10/h9-11,13H,3-8H2,1-2H3. The molecule has 2 rings (SSSR count). The minimum Gasteiger partial charge on any atom is -0.378 e. The van der Waals surface area contributed by atoms with Gasteiger partial charge in [-0.3, -0.25) is 10.1 Å². The topological polar surface area (TPSA) is 41.6 Å². The maximum Gasteiger partial charge on any atom is 0.241 e. The number of rotatable bonds is 3. The maximum atomic E-state index is 12.1. The van der Waals surface area contributed by atoms with Gasteiger partial charge in [-0.05, 0) is 26.2 Å². The number of nitrogens with one attached hydrogen (secondary N) is 1. The van der Waals surface area contributed by atoms with Crippen LogP contribution in [0.4, 0.5) is 0 Å². The monoisotopic (exact) mass is 226 g/mol. The molecule has 1 amide bonds. The van der Waals surface area contributed by atoms with Gasteiger partial charge in [0, 0.05) is 12.6 Å². The Balaban J connectivity index is 1.92. The molecule has 4 nitrogen and oxygen atoms in total. The fourth-order valence-electron chi connectivity index (χ4n) is 2.65. The van der Waals surface area contributed by atoms with Crippen LogP contribution in [0.1, 0.15) is 39.5 Å². The van der Waals surface area contributed by atoms with E-state index in [1.807, 2.05) is 4.90 Å². The van der Waals surface area contributed by atoms with Crippen molar-refractivity contribution in [2.24, 2.45) is 0 Å². The zero-order chi connectivity index (χ0) is 11.5. The van der Waals surface area contributed by atoms with Crippen molar-refractivity contribution in [3.63, 3.8) is 0 Å². The fraction of sp³-hybridized carbons (Fsp3) is 0.917. The molecule has 2 fully saturated rings. The minimum absolute atomic E-state index is 0.0585. The van der Waals surface area contributed by atoms with E-state index in [4.69, 9.17) is 4.74 Å². The van der Waals surface area contributed by atoms with Gasteiger partial charge >= 0.3 is 0 Å². The number of hydrogen-bond donors (Lipinski definition) is 1. The average Bonchev–Trinajstić information content (AvgIpc) is 2.61. The highest BCUT2D eigenvalue weighted by atomic mass is 16.5. The van der Waals surface area contributed by atoms with Crippen LogP contribution in [0.3, 0.4) is 0 Å². The van der Waals surface area contributed by atoms with Gasteiger partial charge in [-0.1, -0.05) is 13.3 Å². The normalized spacial score (nSPS) is 35.8. The lowest BCUT2D eigenvalue weighted by atomic mass is 10.0. The molecule has 0 radical (unpaired) electrons. The maximum absolute atomic E-state index is 12.1. The van der Waals surface area contributed by atoms with Gasteiger partial charge in [0.1, 0.15) is 0 Å². The van der Waals surface area contributed by atoms with Crippen molar-refractivity contribution >= 4 is 5.91 Å². The molecule has 0 aromatic heterocycles. The number of nitrogens with zero attached hydrogens (tertiary/aromatic N) is 1. The second-order valence-electron chi connectivity index (χ2n) is 4.87. The van der Waals surface area contributed by atoms with E-state index in [-0.39, 0.29) is 12.1 Å². The Morgan fingerprint density at radius 3 is 3.06 bits per heavy atom. The van der Waals surface area contributed by atoms with Crippen molar-refractivity contribution in [1.82, 2.24) is 10.2 Å². The molecular weight excluding hydrogens is 204 g/mol. The van der Waals surface area contributed by atoms with Crippen molar-refractivity contribution in [2.45, 2.75) is 57.7 Å². The van der Waals surface area contributed by atoms with Crippen LogP contribution >= 0.6 is 0 Å². The highest BCUT2D eigenvalue weighted by molar-refractivity contribution is 5.84. The summed E-state index contributed by atoms with van der Waals surface area (Å²) in [7, 11) is 0. The van der Waals surface area contributed by atoms with Crippen LogP contribution in [0.2, 0.25) is 0 Å². The van der Waals surface area contributed by atoms with Crippen LogP contribution in [0.5, 0.6) is 0 Å². The Morgan fingerprint density at radius 1 is 1.56 bits per heavy atom. The van der Waals surface area contributed by atoms with Crippen molar-refractivity contribution in [3.8, 4) is 0 Å². The Morgan fingerprint density at radius 2 is 2.38 bits per heavy atom. The summed E-state index contributed by atoms with van der Waals surface area (Å²) in [6.45, 7) is 5.72. The number of ether oxygens (including phenoxy) is 1. The van der Waals surface area contributed by atoms with E-state index in [1.165, 1.54) is 0 Å². The fourth-order valence-corrected chi connectivity index (χ4v) is 2.65. The van der Waals surface area contributed by atoms with Crippen LogP contribution in [0, 0.1) is 0 Å². The molecule has 2 heterocycles. The van der Waals surface area contributed by atoms with Gasteiger partial charge in [0.05, 0.1) is 18.8 Å². The van der Waals surface area contributed by atoms with Gasteiger partial charge in [0.2, 0.25) is 5.91 Å². The second kappa shape index (κ2) is 5.15. The van der Waals surface area contributed by atoms with E-state index < -0.39 is 0 Å². The number of hydrogen-bond acceptors (Lipinski definition) is 3. The first-order chi connectivity index (χ1) is 7.72. The molecule has 92 valence electrons.